The second-order valence-electron chi connectivity index (χ2n) is 3.98. The van der Waals surface area contributed by atoms with Crippen molar-refractivity contribution in [2.24, 2.45) is 0 Å². The predicted octanol–water partition coefficient (Wildman–Crippen LogP) is 0.712. The van der Waals surface area contributed by atoms with Crippen molar-refractivity contribution >= 4 is 16.0 Å². The number of sulfonamides is 1. The van der Waals surface area contributed by atoms with Crippen molar-refractivity contribution in [3.05, 3.63) is 29.3 Å². The standard InChI is InChI=1S/C11H13F2NO5S/c1-2-7(5-15)14-20(18,19)9-4-6(11(16)17)3-8(12)10(9)13/h3-4,7,14-15H,2,5H2,1H3,(H,16,17)/t7-/m0/s1. The first-order valence-corrected chi connectivity index (χ1v) is 7.06. The molecule has 0 spiro atoms. The van der Waals surface area contributed by atoms with Gasteiger partial charge in [-0.2, -0.15) is 0 Å². The zero-order chi connectivity index (χ0) is 15.5. The van der Waals surface area contributed by atoms with E-state index in [1.54, 1.807) is 6.92 Å². The Morgan fingerprint density at radius 3 is 2.45 bits per heavy atom. The average Bonchev–Trinajstić information content (AvgIpc) is 2.38. The molecule has 3 N–H and O–H groups in total. The summed E-state index contributed by atoms with van der Waals surface area (Å²) in [6.45, 7) is 1.05. The zero-order valence-corrected chi connectivity index (χ0v) is 11.2. The van der Waals surface area contributed by atoms with Gasteiger partial charge >= 0.3 is 5.97 Å². The number of aliphatic hydroxyl groups is 1. The normalized spacial score (nSPS) is 13.2. The second kappa shape index (κ2) is 6.25. The lowest BCUT2D eigenvalue weighted by molar-refractivity contribution is 0.0696. The average molecular weight is 309 g/mol. The Hall–Kier alpha value is -1.58. The SMILES string of the molecule is CC[C@@H](CO)NS(=O)(=O)c1cc(C(=O)O)cc(F)c1F. The van der Waals surface area contributed by atoms with Gasteiger partial charge in [-0.05, 0) is 18.6 Å². The molecular formula is C11H13F2NO5S. The van der Waals surface area contributed by atoms with Crippen LogP contribution in [-0.2, 0) is 10.0 Å². The van der Waals surface area contributed by atoms with E-state index in [2.05, 4.69) is 0 Å². The molecule has 0 saturated carbocycles. The summed E-state index contributed by atoms with van der Waals surface area (Å²) in [5.41, 5.74) is -0.693. The highest BCUT2D eigenvalue weighted by Crippen LogP contribution is 2.20. The monoisotopic (exact) mass is 309 g/mol. The van der Waals surface area contributed by atoms with Gasteiger partial charge in [0.1, 0.15) is 4.90 Å². The third-order valence-corrected chi connectivity index (χ3v) is 4.09. The zero-order valence-electron chi connectivity index (χ0n) is 10.4. The van der Waals surface area contributed by atoms with Gasteiger partial charge < -0.3 is 10.2 Å². The van der Waals surface area contributed by atoms with Crippen LogP contribution in [0.4, 0.5) is 8.78 Å². The van der Waals surface area contributed by atoms with Crippen molar-refractivity contribution < 1.29 is 32.2 Å². The molecule has 0 unspecified atom stereocenters. The minimum absolute atomic E-state index is 0.221. The molecule has 0 aliphatic rings. The fraction of sp³-hybridized carbons (Fsp3) is 0.364. The summed E-state index contributed by atoms with van der Waals surface area (Å²) in [6.07, 6.45) is 0.221. The Morgan fingerprint density at radius 2 is 2.00 bits per heavy atom. The molecule has 0 amide bonds. The van der Waals surface area contributed by atoms with Crippen molar-refractivity contribution in [3.8, 4) is 0 Å². The molecule has 0 heterocycles. The number of rotatable bonds is 6. The van der Waals surface area contributed by atoms with Crippen LogP contribution >= 0.6 is 0 Å². The maximum atomic E-state index is 13.5. The molecule has 1 atom stereocenters. The van der Waals surface area contributed by atoms with E-state index >= 15 is 0 Å². The highest BCUT2D eigenvalue weighted by molar-refractivity contribution is 7.89. The number of aliphatic hydroxyl groups excluding tert-OH is 1. The number of benzene rings is 1. The predicted molar refractivity (Wildman–Crippen MR) is 64.8 cm³/mol. The van der Waals surface area contributed by atoms with Crippen LogP contribution < -0.4 is 4.72 Å². The number of carboxylic acid groups (broad SMARTS) is 1. The second-order valence-corrected chi connectivity index (χ2v) is 5.67. The van der Waals surface area contributed by atoms with Crippen LogP contribution in [0.3, 0.4) is 0 Å². The van der Waals surface area contributed by atoms with E-state index in [9.17, 15) is 22.0 Å². The fourth-order valence-corrected chi connectivity index (χ4v) is 2.84. The molecule has 0 aliphatic heterocycles. The van der Waals surface area contributed by atoms with Crippen molar-refractivity contribution in [1.82, 2.24) is 4.72 Å². The summed E-state index contributed by atoms with van der Waals surface area (Å²) in [4.78, 5) is 9.62. The molecule has 0 aromatic heterocycles. The third kappa shape index (κ3) is 3.50. The van der Waals surface area contributed by atoms with Crippen molar-refractivity contribution in [3.63, 3.8) is 0 Å². The van der Waals surface area contributed by atoms with Crippen LogP contribution in [0, 0.1) is 11.6 Å². The molecule has 0 radical (unpaired) electrons. The molecule has 0 aliphatic carbocycles. The number of aromatic carboxylic acids is 1. The molecule has 1 aromatic rings. The highest BCUT2D eigenvalue weighted by atomic mass is 32.2. The molecule has 20 heavy (non-hydrogen) atoms. The van der Waals surface area contributed by atoms with Crippen molar-refractivity contribution in [2.45, 2.75) is 24.3 Å². The van der Waals surface area contributed by atoms with Gasteiger partial charge in [-0.15, -0.1) is 0 Å². The summed E-state index contributed by atoms with van der Waals surface area (Å²) in [5, 5.41) is 17.6. The molecule has 0 saturated heterocycles. The highest BCUT2D eigenvalue weighted by Gasteiger charge is 2.26. The Labute approximate surface area is 114 Å². The van der Waals surface area contributed by atoms with Gasteiger partial charge in [-0.25, -0.2) is 26.7 Å². The Kier molecular flexibility index (Phi) is 5.15. The van der Waals surface area contributed by atoms with Crippen LogP contribution in [0.1, 0.15) is 23.7 Å². The van der Waals surface area contributed by atoms with Gasteiger partial charge in [0.15, 0.2) is 11.6 Å². The number of carbonyl (C=O) groups is 1. The molecule has 1 aromatic carbocycles. The summed E-state index contributed by atoms with van der Waals surface area (Å²) >= 11 is 0. The van der Waals surface area contributed by atoms with Crippen LogP contribution in [0.2, 0.25) is 0 Å². The van der Waals surface area contributed by atoms with Gasteiger partial charge in [-0.3, -0.25) is 0 Å². The summed E-state index contributed by atoms with van der Waals surface area (Å²) in [7, 11) is -4.48. The summed E-state index contributed by atoms with van der Waals surface area (Å²) < 4.78 is 52.5. The van der Waals surface area contributed by atoms with Crippen LogP contribution in [0.5, 0.6) is 0 Å². The van der Waals surface area contributed by atoms with Gasteiger partial charge in [0, 0.05) is 6.04 Å². The van der Waals surface area contributed by atoms with E-state index in [0.29, 0.717) is 12.1 Å². The maximum absolute atomic E-state index is 13.5. The molecule has 0 bridgehead atoms. The quantitative estimate of drug-likeness (QED) is 0.718. The number of hydrogen-bond donors (Lipinski definition) is 3. The summed E-state index contributed by atoms with van der Waals surface area (Å²) in [5.74, 6) is -4.84. The number of carboxylic acids is 1. The minimum Gasteiger partial charge on any atom is -0.478 e. The summed E-state index contributed by atoms with van der Waals surface area (Å²) in [6, 6.07) is 0.0312. The Bertz CT molecular complexity index is 613. The van der Waals surface area contributed by atoms with E-state index in [1.807, 2.05) is 4.72 Å². The largest absolute Gasteiger partial charge is 0.478 e. The lowest BCUT2D eigenvalue weighted by Gasteiger charge is -2.15. The molecule has 6 nitrogen and oxygen atoms in total. The van der Waals surface area contributed by atoms with E-state index in [0.717, 1.165) is 0 Å². The van der Waals surface area contributed by atoms with E-state index in [-0.39, 0.29) is 6.42 Å². The smallest absolute Gasteiger partial charge is 0.335 e. The Morgan fingerprint density at radius 1 is 1.40 bits per heavy atom. The van der Waals surface area contributed by atoms with E-state index in [1.165, 1.54) is 0 Å². The van der Waals surface area contributed by atoms with Gasteiger partial charge in [0.2, 0.25) is 10.0 Å². The van der Waals surface area contributed by atoms with Gasteiger partial charge in [-0.1, -0.05) is 6.92 Å². The van der Waals surface area contributed by atoms with Crippen molar-refractivity contribution in [1.29, 1.82) is 0 Å². The maximum Gasteiger partial charge on any atom is 0.335 e. The first kappa shape index (κ1) is 16.5. The first-order valence-electron chi connectivity index (χ1n) is 5.58. The van der Waals surface area contributed by atoms with Crippen LogP contribution in [0.15, 0.2) is 17.0 Å². The number of hydrogen-bond acceptors (Lipinski definition) is 4. The van der Waals surface area contributed by atoms with E-state index in [4.69, 9.17) is 10.2 Å². The number of halogens is 2. The Balaban J connectivity index is 3.34. The van der Waals surface area contributed by atoms with Crippen LogP contribution in [0.25, 0.3) is 0 Å². The lowest BCUT2D eigenvalue weighted by Crippen LogP contribution is -2.37. The minimum atomic E-state index is -4.48. The third-order valence-electron chi connectivity index (χ3n) is 2.57. The van der Waals surface area contributed by atoms with Gasteiger partial charge in [0.25, 0.3) is 0 Å². The van der Waals surface area contributed by atoms with E-state index < -0.39 is 50.7 Å². The number of nitrogens with one attached hydrogen (secondary N) is 1. The van der Waals surface area contributed by atoms with Crippen LogP contribution in [-0.4, -0.2) is 37.2 Å². The van der Waals surface area contributed by atoms with Gasteiger partial charge in [0.05, 0.1) is 12.2 Å². The first-order chi connectivity index (χ1) is 9.22. The fourth-order valence-electron chi connectivity index (χ4n) is 1.42. The lowest BCUT2D eigenvalue weighted by atomic mass is 10.2. The molecular weight excluding hydrogens is 296 g/mol. The van der Waals surface area contributed by atoms with Crippen molar-refractivity contribution in [2.75, 3.05) is 6.61 Å². The topological polar surface area (TPSA) is 104 Å². The molecule has 0 fully saturated rings. The molecule has 112 valence electrons. The molecule has 1 rings (SSSR count). The molecule has 9 heteroatoms.